The molecule has 0 aromatic carbocycles. The lowest BCUT2D eigenvalue weighted by Crippen LogP contribution is -2.40. The number of nitrogens with zero attached hydrogens (tertiary/aromatic N) is 4. The molecule has 2 aliphatic rings. The van der Waals surface area contributed by atoms with Gasteiger partial charge < -0.3 is 9.64 Å². The molecule has 1 aliphatic carbocycles. The molecule has 1 saturated heterocycles. The Kier molecular flexibility index (Phi) is 5.12. The van der Waals surface area contributed by atoms with Gasteiger partial charge in [-0.2, -0.15) is 5.26 Å². The largest absolute Gasteiger partial charge is 0.370 e. The van der Waals surface area contributed by atoms with Crippen molar-refractivity contribution in [2.75, 3.05) is 18.0 Å². The lowest BCUT2D eigenvalue weighted by Gasteiger charge is -2.34. The van der Waals surface area contributed by atoms with Crippen molar-refractivity contribution in [1.29, 1.82) is 5.26 Å². The van der Waals surface area contributed by atoms with Crippen molar-refractivity contribution in [3.05, 3.63) is 53.0 Å². The van der Waals surface area contributed by atoms with E-state index in [4.69, 9.17) is 9.72 Å². The van der Waals surface area contributed by atoms with Crippen molar-refractivity contribution in [2.45, 2.75) is 51.2 Å². The van der Waals surface area contributed by atoms with Gasteiger partial charge in [-0.3, -0.25) is 4.98 Å². The van der Waals surface area contributed by atoms with Gasteiger partial charge >= 0.3 is 0 Å². The van der Waals surface area contributed by atoms with Crippen molar-refractivity contribution < 1.29 is 4.74 Å². The van der Waals surface area contributed by atoms with Crippen LogP contribution in [0.5, 0.6) is 0 Å². The first-order chi connectivity index (χ1) is 12.8. The van der Waals surface area contributed by atoms with Crippen LogP contribution in [0, 0.1) is 11.3 Å². The molecule has 2 aromatic heterocycles. The number of aromatic nitrogens is 2. The summed E-state index contributed by atoms with van der Waals surface area (Å²) in [7, 11) is 0. The fraction of sp³-hybridized carbons (Fsp3) is 0.476. The highest BCUT2D eigenvalue weighted by Gasteiger charge is 2.25. The number of hydrogen-bond donors (Lipinski definition) is 0. The SMILES string of the molecule is N#Cc1cc2c(nc1N1CCCC(OCc3ccccn3)C1)CCCC2. The van der Waals surface area contributed by atoms with Gasteiger partial charge in [-0.05, 0) is 62.3 Å². The molecule has 0 N–H and O–H groups in total. The zero-order chi connectivity index (χ0) is 17.8. The zero-order valence-corrected chi connectivity index (χ0v) is 15.0. The second-order valence-electron chi connectivity index (χ2n) is 7.13. The molecule has 1 atom stereocenters. The van der Waals surface area contributed by atoms with Crippen LogP contribution in [0.4, 0.5) is 5.82 Å². The third kappa shape index (κ3) is 3.71. The van der Waals surface area contributed by atoms with Crippen molar-refractivity contribution in [1.82, 2.24) is 9.97 Å². The molecular weight excluding hydrogens is 324 g/mol. The molecule has 3 heterocycles. The lowest BCUT2D eigenvalue weighted by molar-refractivity contribution is 0.0297. The molecule has 1 unspecified atom stereocenters. The van der Waals surface area contributed by atoms with E-state index in [0.717, 1.165) is 50.3 Å². The number of fused-ring (bicyclic) bond motifs is 1. The fourth-order valence-electron chi connectivity index (χ4n) is 3.90. The molecular formula is C21H24N4O. The van der Waals surface area contributed by atoms with Crippen LogP contribution in [-0.2, 0) is 24.2 Å². The molecule has 2 aromatic rings. The zero-order valence-electron chi connectivity index (χ0n) is 15.0. The van der Waals surface area contributed by atoms with E-state index >= 15 is 0 Å². The van der Waals surface area contributed by atoms with E-state index in [0.29, 0.717) is 12.2 Å². The molecule has 5 nitrogen and oxygen atoms in total. The second kappa shape index (κ2) is 7.84. The Morgan fingerprint density at radius 1 is 1.23 bits per heavy atom. The van der Waals surface area contributed by atoms with E-state index in [2.05, 4.69) is 22.0 Å². The first-order valence-electron chi connectivity index (χ1n) is 9.53. The number of aryl methyl sites for hydroxylation is 2. The van der Waals surface area contributed by atoms with E-state index in [1.54, 1.807) is 6.20 Å². The Hall–Kier alpha value is -2.45. The van der Waals surface area contributed by atoms with Gasteiger partial charge in [-0.25, -0.2) is 4.98 Å². The maximum absolute atomic E-state index is 9.61. The second-order valence-corrected chi connectivity index (χ2v) is 7.13. The summed E-state index contributed by atoms with van der Waals surface area (Å²) in [4.78, 5) is 11.5. The fourth-order valence-corrected chi connectivity index (χ4v) is 3.90. The van der Waals surface area contributed by atoms with Crippen LogP contribution >= 0.6 is 0 Å². The highest BCUT2D eigenvalue weighted by Crippen LogP contribution is 2.28. The molecule has 5 heteroatoms. The van der Waals surface area contributed by atoms with Gasteiger partial charge in [0.25, 0.3) is 0 Å². The smallest absolute Gasteiger partial charge is 0.146 e. The van der Waals surface area contributed by atoms with Crippen LogP contribution in [0.3, 0.4) is 0 Å². The van der Waals surface area contributed by atoms with Gasteiger partial charge in [-0.1, -0.05) is 6.07 Å². The predicted molar refractivity (Wildman–Crippen MR) is 99.9 cm³/mol. The van der Waals surface area contributed by atoms with Crippen LogP contribution in [0.2, 0.25) is 0 Å². The predicted octanol–water partition coefficient (Wildman–Crippen LogP) is 3.41. The van der Waals surface area contributed by atoms with Crippen LogP contribution in [0.25, 0.3) is 0 Å². The summed E-state index contributed by atoms with van der Waals surface area (Å²) < 4.78 is 6.09. The normalized spacial score (nSPS) is 19.7. The van der Waals surface area contributed by atoms with Gasteiger partial charge in [-0.15, -0.1) is 0 Å². The Labute approximate surface area is 154 Å². The number of rotatable bonds is 4. The Balaban J connectivity index is 1.48. The standard InChI is InChI=1S/C21H24N4O/c22-13-17-12-16-6-1-2-9-20(16)24-21(17)25-11-5-8-19(14-25)26-15-18-7-3-4-10-23-18/h3-4,7,10,12,19H,1-2,5-6,8-9,11,14-15H2. The number of piperidine rings is 1. The maximum atomic E-state index is 9.61. The van der Waals surface area contributed by atoms with Gasteiger partial charge in [0.2, 0.25) is 0 Å². The Morgan fingerprint density at radius 2 is 2.15 bits per heavy atom. The molecule has 0 radical (unpaired) electrons. The van der Waals surface area contributed by atoms with Crippen LogP contribution in [0.15, 0.2) is 30.5 Å². The monoisotopic (exact) mass is 348 g/mol. The molecule has 0 saturated carbocycles. The minimum atomic E-state index is 0.148. The average molecular weight is 348 g/mol. The van der Waals surface area contributed by atoms with Crippen molar-refractivity contribution in [2.24, 2.45) is 0 Å². The Morgan fingerprint density at radius 3 is 3.00 bits per heavy atom. The molecule has 4 rings (SSSR count). The molecule has 1 aliphatic heterocycles. The number of nitriles is 1. The highest BCUT2D eigenvalue weighted by molar-refractivity contribution is 5.56. The number of ether oxygens (including phenoxy) is 1. The summed E-state index contributed by atoms with van der Waals surface area (Å²) in [5.41, 5.74) is 4.10. The van der Waals surface area contributed by atoms with Crippen molar-refractivity contribution in [3.8, 4) is 6.07 Å². The molecule has 26 heavy (non-hydrogen) atoms. The number of pyridine rings is 2. The quantitative estimate of drug-likeness (QED) is 0.847. The molecule has 1 fully saturated rings. The molecule has 134 valence electrons. The summed E-state index contributed by atoms with van der Waals surface area (Å²) in [5, 5.41) is 9.61. The summed E-state index contributed by atoms with van der Waals surface area (Å²) in [6.07, 6.45) is 8.51. The van der Waals surface area contributed by atoms with E-state index in [1.165, 1.54) is 24.1 Å². The maximum Gasteiger partial charge on any atom is 0.146 e. The van der Waals surface area contributed by atoms with Gasteiger partial charge in [0.1, 0.15) is 11.9 Å². The van der Waals surface area contributed by atoms with Crippen LogP contribution in [0.1, 0.15) is 48.2 Å². The molecule has 0 spiro atoms. The third-order valence-corrected chi connectivity index (χ3v) is 5.27. The molecule has 0 bridgehead atoms. The van der Waals surface area contributed by atoms with E-state index in [1.807, 2.05) is 18.2 Å². The van der Waals surface area contributed by atoms with E-state index in [9.17, 15) is 5.26 Å². The van der Waals surface area contributed by atoms with Gasteiger partial charge in [0, 0.05) is 25.0 Å². The van der Waals surface area contributed by atoms with Crippen molar-refractivity contribution in [3.63, 3.8) is 0 Å². The minimum absolute atomic E-state index is 0.148. The molecule has 0 amide bonds. The average Bonchev–Trinajstić information content (AvgIpc) is 2.72. The highest BCUT2D eigenvalue weighted by atomic mass is 16.5. The Bertz CT molecular complexity index is 800. The summed E-state index contributed by atoms with van der Waals surface area (Å²) in [6, 6.07) is 10.3. The summed E-state index contributed by atoms with van der Waals surface area (Å²) in [6.45, 7) is 2.25. The van der Waals surface area contributed by atoms with E-state index in [-0.39, 0.29) is 6.10 Å². The summed E-state index contributed by atoms with van der Waals surface area (Å²) >= 11 is 0. The topological polar surface area (TPSA) is 62.0 Å². The first-order valence-corrected chi connectivity index (χ1v) is 9.53. The summed E-state index contributed by atoms with van der Waals surface area (Å²) in [5.74, 6) is 0.847. The van der Waals surface area contributed by atoms with Gasteiger partial charge in [0.05, 0.1) is 24.0 Å². The lowest BCUT2D eigenvalue weighted by atomic mass is 9.94. The van der Waals surface area contributed by atoms with Gasteiger partial charge in [0.15, 0.2) is 0 Å². The minimum Gasteiger partial charge on any atom is -0.370 e. The number of anilines is 1. The first kappa shape index (κ1) is 17.0. The number of hydrogen-bond acceptors (Lipinski definition) is 5. The van der Waals surface area contributed by atoms with Crippen LogP contribution < -0.4 is 4.90 Å². The third-order valence-electron chi connectivity index (χ3n) is 5.27. The van der Waals surface area contributed by atoms with E-state index < -0.39 is 0 Å². The van der Waals surface area contributed by atoms with Crippen LogP contribution in [-0.4, -0.2) is 29.2 Å². The van der Waals surface area contributed by atoms with Crippen molar-refractivity contribution >= 4 is 5.82 Å².